The molecule has 0 aliphatic carbocycles. The molecule has 1 amide bonds. The lowest BCUT2D eigenvalue weighted by Gasteiger charge is -2.13. The molecule has 0 saturated heterocycles. The highest BCUT2D eigenvalue weighted by Gasteiger charge is 2.15. The van der Waals surface area contributed by atoms with Gasteiger partial charge in [0.1, 0.15) is 6.61 Å². The standard InChI is InChI=1S/C20H21Cl2N5O4.ClH/c1-29-17-8-12(10-24-6-7-25-20(28)18-19(23)27-31-26-18)2-5-16(17)30-11-13-3-4-14(21)9-15(13)22;/h2-5,8-9,24H,6-7,10-11H2,1H3,(H2,23,27)(H,25,28);1H. The minimum Gasteiger partial charge on any atom is -0.493 e. The van der Waals surface area contributed by atoms with Gasteiger partial charge >= 0.3 is 0 Å². The number of nitrogens with one attached hydrogen (secondary N) is 2. The van der Waals surface area contributed by atoms with Gasteiger partial charge in [-0.1, -0.05) is 35.3 Å². The maximum absolute atomic E-state index is 11.9. The van der Waals surface area contributed by atoms with Crippen molar-refractivity contribution in [1.82, 2.24) is 20.9 Å². The van der Waals surface area contributed by atoms with Gasteiger partial charge in [-0.25, -0.2) is 4.63 Å². The topological polar surface area (TPSA) is 125 Å². The number of halogens is 3. The summed E-state index contributed by atoms with van der Waals surface area (Å²) in [5.41, 5.74) is 7.26. The SMILES string of the molecule is COc1cc(CNCCNC(=O)c2nonc2N)ccc1OCc1ccc(Cl)cc1Cl.Cl. The van der Waals surface area contributed by atoms with Gasteiger partial charge in [0.2, 0.25) is 11.5 Å². The van der Waals surface area contributed by atoms with Crippen LogP contribution < -0.4 is 25.8 Å². The number of nitrogens with zero attached hydrogens (tertiary/aromatic N) is 2. The number of anilines is 1. The molecule has 12 heteroatoms. The Morgan fingerprint density at radius 2 is 1.94 bits per heavy atom. The third kappa shape index (κ3) is 6.89. The average molecular weight is 503 g/mol. The first-order valence-electron chi connectivity index (χ1n) is 9.28. The summed E-state index contributed by atoms with van der Waals surface area (Å²) in [6, 6.07) is 10.9. The zero-order valence-electron chi connectivity index (χ0n) is 17.1. The van der Waals surface area contributed by atoms with Crippen molar-refractivity contribution in [2.75, 3.05) is 25.9 Å². The van der Waals surface area contributed by atoms with E-state index in [1.54, 1.807) is 19.2 Å². The number of hydrogen-bond donors (Lipinski definition) is 3. The van der Waals surface area contributed by atoms with Gasteiger partial charge in [-0.3, -0.25) is 4.79 Å². The number of carbonyl (C=O) groups excluding carboxylic acids is 1. The van der Waals surface area contributed by atoms with Crippen molar-refractivity contribution < 1.29 is 18.9 Å². The molecule has 1 aromatic heterocycles. The van der Waals surface area contributed by atoms with Crippen LogP contribution in [0, 0.1) is 0 Å². The van der Waals surface area contributed by atoms with Crippen LogP contribution in [-0.4, -0.2) is 36.4 Å². The molecule has 0 spiro atoms. The van der Waals surface area contributed by atoms with Gasteiger partial charge < -0.3 is 25.8 Å². The van der Waals surface area contributed by atoms with Gasteiger partial charge in [0.05, 0.1) is 7.11 Å². The maximum atomic E-state index is 11.9. The molecule has 32 heavy (non-hydrogen) atoms. The molecule has 3 rings (SSSR count). The van der Waals surface area contributed by atoms with Crippen LogP contribution in [0.15, 0.2) is 41.0 Å². The Morgan fingerprint density at radius 1 is 1.12 bits per heavy atom. The van der Waals surface area contributed by atoms with Crippen LogP contribution in [0.2, 0.25) is 10.0 Å². The lowest BCUT2D eigenvalue weighted by atomic mass is 10.2. The number of hydrogen-bond acceptors (Lipinski definition) is 8. The maximum Gasteiger partial charge on any atom is 0.277 e. The van der Waals surface area contributed by atoms with Crippen LogP contribution in [-0.2, 0) is 13.2 Å². The minimum absolute atomic E-state index is 0. The summed E-state index contributed by atoms with van der Waals surface area (Å²) in [4.78, 5) is 11.9. The summed E-state index contributed by atoms with van der Waals surface area (Å²) in [6.45, 7) is 1.77. The van der Waals surface area contributed by atoms with Crippen LogP contribution >= 0.6 is 35.6 Å². The number of amides is 1. The molecule has 0 radical (unpaired) electrons. The van der Waals surface area contributed by atoms with Gasteiger partial charge in [0.15, 0.2) is 11.5 Å². The molecule has 0 saturated carbocycles. The smallest absolute Gasteiger partial charge is 0.277 e. The number of benzene rings is 2. The molecule has 3 aromatic rings. The zero-order valence-corrected chi connectivity index (χ0v) is 19.4. The lowest BCUT2D eigenvalue weighted by Crippen LogP contribution is -2.32. The number of ether oxygens (including phenoxy) is 2. The van der Waals surface area contributed by atoms with Crippen molar-refractivity contribution in [2.24, 2.45) is 0 Å². The zero-order chi connectivity index (χ0) is 22.2. The summed E-state index contributed by atoms with van der Waals surface area (Å²) in [7, 11) is 1.58. The summed E-state index contributed by atoms with van der Waals surface area (Å²) in [5.74, 6) is 0.720. The monoisotopic (exact) mass is 501 g/mol. The second kappa shape index (κ2) is 12.4. The molecule has 0 aliphatic rings. The fourth-order valence-electron chi connectivity index (χ4n) is 2.67. The largest absolute Gasteiger partial charge is 0.493 e. The molecule has 0 unspecified atom stereocenters. The van der Waals surface area contributed by atoms with E-state index in [4.69, 9.17) is 38.4 Å². The van der Waals surface area contributed by atoms with Gasteiger partial charge in [0.25, 0.3) is 5.91 Å². The van der Waals surface area contributed by atoms with Gasteiger partial charge in [-0.05, 0) is 40.1 Å². The Labute approximate surface area is 200 Å². The van der Waals surface area contributed by atoms with Crippen LogP contribution in [0.1, 0.15) is 21.6 Å². The molecule has 9 nitrogen and oxygen atoms in total. The van der Waals surface area contributed by atoms with Gasteiger partial charge in [-0.2, -0.15) is 0 Å². The minimum atomic E-state index is -0.440. The number of aromatic nitrogens is 2. The number of nitrogen functional groups attached to an aromatic ring is 1. The normalized spacial score (nSPS) is 10.3. The molecule has 2 aromatic carbocycles. The number of carbonyl (C=O) groups is 1. The number of nitrogens with two attached hydrogens (primary N) is 1. The van der Waals surface area contributed by atoms with Crippen molar-refractivity contribution in [2.45, 2.75) is 13.2 Å². The van der Waals surface area contributed by atoms with Crippen molar-refractivity contribution in [3.63, 3.8) is 0 Å². The molecule has 0 bridgehead atoms. The highest BCUT2D eigenvalue weighted by atomic mass is 35.5. The highest BCUT2D eigenvalue weighted by Crippen LogP contribution is 2.30. The first kappa shape index (κ1) is 25.5. The van der Waals surface area contributed by atoms with Gasteiger partial charge in [0, 0.05) is 35.2 Å². The quantitative estimate of drug-likeness (QED) is 0.360. The van der Waals surface area contributed by atoms with E-state index in [0.717, 1.165) is 11.1 Å². The molecule has 172 valence electrons. The Kier molecular flexibility index (Phi) is 9.86. The summed E-state index contributed by atoms with van der Waals surface area (Å²) in [6.07, 6.45) is 0. The van der Waals surface area contributed by atoms with E-state index in [2.05, 4.69) is 25.6 Å². The van der Waals surface area contributed by atoms with E-state index in [1.807, 2.05) is 24.3 Å². The summed E-state index contributed by atoms with van der Waals surface area (Å²) < 4.78 is 15.7. The number of rotatable bonds is 10. The summed E-state index contributed by atoms with van der Waals surface area (Å²) >= 11 is 12.1. The highest BCUT2D eigenvalue weighted by molar-refractivity contribution is 6.35. The van der Waals surface area contributed by atoms with E-state index in [-0.39, 0.29) is 30.5 Å². The Bertz CT molecular complexity index is 1050. The Hall–Kier alpha value is -2.72. The molecular formula is C20H22Cl3N5O4. The van der Waals surface area contributed by atoms with Gasteiger partial charge in [-0.15, -0.1) is 12.4 Å². The molecule has 1 heterocycles. The predicted molar refractivity (Wildman–Crippen MR) is 124 cm³/mol. The molecule has 0 aliphatic heterocycles. The van der Waals surface area contributed by atoms with Crippen LogP contribution in [0.5, 0.6) is 11.5 Å². The summed E-state index contributed by atoms with van der Waals surface area (Å²) in [5, 5.41) is 13.8. The second-order valence-electron chi connectivity index (χ2n) is 6.44. The van der Waals surface area contributed by atoms with E-state index in [0.29, 0.717) is 41.2 Å². The van der Waals surface area contributed by atoms with Crippen molar-refractivity contribution in [3.05, 3.63) is 63.3 Å². The Balaban J connectivity index is 0.00000363. The molecule has 0 atom stereocenters. The first-order chi connectivity index (χ1) is 15.0. The third-order valence-electron chi connectivity index (χ3n) is 4.27. The van der Waals surface area contributed by atoms with Crippen LogP contribution in [0.25, 0.3) is 0 Å². The molecular weight excluding hydrogens is 481 g/mol. The van der Waals surface area contributed by atoms with Crippen LogP contribution in [0.3, 0.4) is 0 Å². The average Bonchev–Trinajstić information content (AvgIpc) is 3.19. The van der Waals surface area contributed by atoms with Crippen molar-refractivity contribution >= 4 is 47.3 Å². The van der Waals surface area contributed by atoms with E-state index < -0.39 is 5.91 Å². The van der Waals surface area contributed by atoms with E-state index in [1.165, 1.54) is 0 Å². The lowest BCUT2D eigenvalue weighted by molar-refractivity contribution is 0.0944. The molecule has 0 fully saturated rings. The predicted octanol–water partition coefficient (Wildman–Crippen LogP) is 3.49. The van der Waals surface area contributed by atoms with E-state index in [9.17, 15) is 4.79 Å². The van der Waals surface area contributed by atoms with E-state index >= 15 is 0 Å². The van der Waals surface area contributed by atoms with Crippen molar-refractivity contribution in [3.8, 4) is 11.5 Å². The Morgan fingerprint density at radius 3 is 2.62 bits per heavy atom. The van der Waals surface area contributed by atoms with Crippen LogP contribution in [0.4, 0.5) is 5.82 Å². The molecule has 4 N–H and O–H groups in total. The fraction of sp³-hybridized carbons (Fsp3) is 0.250. The first-order valence-corrected chi connectivity index (χ1v) is 10.0. The third-order valence-corrected chi connectivity index (χ3v) is 4.86. The fourth-order valence-corrected chi connectivity index (χ4v) is 3.13. The van der Waals surface area contributed by atoms with Crippen molar-refractivity contribution in [1.29, 1.82) is 0 Å². The second-order valence-corrected chi connectivity index (χ2v) is 7.28. The number of methoxy groups -OCH3 is 1.